The lowest BCUT2D eigenvalue weighted by molar-refractivity contribution is 0.219. The monoisotopic (exact) mass is 376 g/mol. The number of hydrogen-bond acceptors (Lipinski definition) is 3. The molecule has 0 fully saturated rings. The molecule has 28 heavy (non-hydrogen) atoms. The van der Waals surface area contributed by atoms with Gasteiger partial charge in [-0.2, -0.15) is 0 Å². The van der Waals surface area contributed by atoms with Crippen LogP contribution in [0.2, 0.25) is 0 Å². The molecular formula is C24H28N2O2. The second-order valence-electron chi connectivity index (χ2n) is 7.71. The molecule has 1 atom stereocenters. The van der Waals surface area contributed by atoms with Gasteiger partial charge in [-0.05, 0) is 61.2 Å². The van der Waals surface area contributed by atoms with E-state index in [1.165, 1.54) is 22.4 Å². The molecule has 1 unspecified atom stereocenters. The predicted molar refractivity (Wildman–Crippen MR) is 112 cm³/mol. The van der Waals surface area contributed by atoms with Crippen LogP contribution in [0.25, 0.3) is 0 Å². The third-order valence-corrected chi connectivity index (χ3v) is 5.75. The Hall–Kier alpha value is -2.72. The van der Waals surface area contributed by atoms with E-state index in [9.17, 15) is 5.11 Å². The Kier molecular flexibility index (Phi) is 5.14. The first-order valence-corrected chi connectivity index (χ1v) is 9.89. The van der Waals surface area contributed by atoms with Gasteiger partial charge in [0.1, 0.15) is 0 Å². The molecule has 0 radical (unpaired) electrons. The van der Waals surface area contributed by atoms with Crippen LogP contribution >= 0.6 is 0 Å². The Bertz CT molecular complexity index is 976. The molecule has 4 rings (SSSR count). The van der Waals surface area contributed by atoms with Crippen molar-refractivity contribution in [3.8, 4) is 11.5 Å². The van der Waals surface area contributed by atoms with Crippen molar-refractivity contribution in [1.82, 2.24) is 9.47 Å². The standard InChI is InChI=1S/C24H28N2O2/c1-17-7-8-18(2)20(14-17)16-26-13-5-12-25-11-4-6-21(25)24(26)19-9-10-23(28-3)22(27)15-19/h4,6-11,14-15,24,27H,5,12-13,16H2,1-3H3. The van der Waals surface area contributed by atoms with Gasteiger partial charge in [0.2, 0.25) is 0 Å². The molecule has 1 aromatic heterocycles. The van der Waals surface area contributed by atoms with Crippen molar-refractivity contribution in [2.75, 3.05) is 13.7 Å². The van der Waals surface area contributed by atoms with E-state index in [4.69, 9.17) is 4.74 Å². The molecule has 0 saturated heterocycles. The maximum Gasteiger partial charge on any atom is 0.160 e. The van der Waals surface area contributed by atoms with Crippen LogP contribution in [-0.2, 0) is 13.1 Å². The fourth-order valence-electron chi connectivity index (χ4n) is 4.26. The topological polar surface area (TPSA) is 37.6 Å². The van der Waals surface area contributed by atoms with E-state index in [-0.39, 0.29) is 11.8 Å². The molecule has 2 aromatic carbocycles. The number of aryl methyl sites for hydroxylation is 3. The van der Waals surface area contributed by atoms with Crippen LogP contribution in [0.3, 0.4) is 0 Å². The van der Waals surface area contributed by atoms with Crippen LogP contribution in [0.1, 0.15) is 40.4 Å². The normalized spacial score (nSPS) is 17.2. The van der Waals surface area contributed by atoms with Crippen molar-refractivity contribution in [1.29, 1.82) is 0 Å². The number of aromatic nitrogens is 1. The largest absolute Gasteiger partial charge is 0.504 e. The highest BCUT2D eigenvalue weighted by Crippen LogP contribution is 2.37. The first kappa shape index (κ1) is 18.6. The zero-order valence-corrected chi connectivity index (χ0v) is 16.9. The van der Waals surface area contributed by atoms with E-state index in [1.54, 1.807) is 7.11 Å². The highest BCUT2D eigenvalue weighted by molar-refractivity contribution is 5.44. The van der Waals surface area contributed by atoms with Gasteiger partial charge < -0.3 is 14.4 Å². The van der Waals surface area contributed by atoms with Gasteiger partial charge in [-0.3, -0.25) is 4.90 Å². The van der Waals surface area contributed by atoms with Crippen LogP contribution < -0.4 is 4.74 Å². The van der Waals surface area contributed by atoms with Gasteiger partial charge in [0.05, 0.1) is 13.2 Å². The number of ether oxygens (including phenoxy) is 1. The number of methoxy groups -OCH3 is 1. The third kappa shape index (κ3) is 3.52. The van der Waals surface area contributed by atoms with Gasteiger partial charge in [-0.25, -0.2) is 0 Å². The van der Waals surface area contributed by atoms with E-state index in [1.807, 2.05) is 12.1 Å². The van der Waals surface area contributed by atoms with Crippen molar-refractivity contribution in [2.45, 2.75) is 39.4 Å². The van der Waals surface area contributed by atoms with Gasteiger partial charge in [0.15, 0.2) is 11.5 Å². The molecule has 1 aliphatic rings. The highest BCUT2D eigenvalue weighted by Gasteiger charge is 2.28. The summed E-state index contributed by atoms with van der Waals surface area (Å²) in [7, 11) is 1.58. The first-order chi connectivity index (χ1) is 13.6. The van der Waals surface area contributed by atoms with E-state index in [2.05, 4.69) is 65.9 Å². The van der Waals surface area contributed by atoms with Gasteiger partial charge >= 0.3 is 0 Å². The molecule has 1 aliphatic heterocycles. The summed E-state index contributed by atoms with van der Waals surface area (Å²) in [5.74, 6) is 0.697. The van der Waals surface area contributed by atoms with Crippen molar-refractivity contribution in [3.63, 3.8) is 0 Å². The summed E-state index contributed by atoms with van der Waals surface area (Å²) < 4.78 is 7.59. The van der Waals surface area contributed by atoms with Gasteiger partial charge in [0, 0.05) is 31.5 Å². The molecule has 0 saturated carbocycles. The third-order valence-electron chi connectivity index (χ3n) is 5.75. The number of nitrogens with zero attached hydrogens (tertiary/aromatic N) is 2. The molecule has 1 N–H and O–H groups in total. The van der Waals surface area contributed by atoms with Crippen LogP contribution in [0, 0.1) is 13.8 Å². The Morgan fingerprint density at radius 3 is 2.71 bits per heavy atom. The summed E-state index contributed by atoms with van der Waals surface area (Å²) in [6, 6.07) is 16.9. The molecule has 2 heterocycles. The lowest BCUT2D eigenvalue weighted by Gasteiger charge is -2.31. The average molecular weight is 377 g/mol. The number of hydrogen-bond donors (Lipinski definition) is 1. The maximum absolute atomic E-state index is 10.4. The fraction of sp³-hybridized carbons (Fsp3) is 0.333. The van der Waals surface area contributed by atoms with Crippen LogP contribution in [0.5, 0.6) is 11.5 Å². The lowest BCUT2D eigenvalue weighted by atomic mass is 9.99. The maximum atomic E-state index is 10.4. The quantitative estimate of drug-likeness (QED) is 0.710. The Balaban J connectivity index is 1.77. The van der Waals surface area contributed by atoms with Crippen LogP contribution in [0.15, 0.2) is 54.7 Å². The molecule has 0 aliphatic carbocycles. The second kappa shape index (κ2) is 7.72. The van der Waals surface area contributed by atoms with Gasteiger partial charge in [0.25, 0.3) is 0 Å². The van der Waals surface area contributed by atoms with Gasteiger partial charge in [-0.15, -0.1) is 0 Å². The average Bonchev–Trinajstić information content (AvgIpc) is 3.06. The van der Waals surface area contributed by atoms with Crippen molar-refractivity contribution in [3.05, 3.63) is 82.7 Å². The SMILES string of the molecule is COc1ccc(C2c3cccn3CCCN2Cc2cc(C)ccc2C)cc1O. The zero-order valence-electron chi connectivity index (χ0n) is 16.9. The summed E-state index contributed by atoms with van der Waals surface area (Å²) in [4.78, 5) is 2.53. The van der Waals surface area contributed by atoms with E-state index in [0.717, 1.165) is 31.6 Å². The second-order valence-corrected chi connectivity index (χ2v) is 7.71. The number of fused-ring (bicyclic) bond motifs is 1. The predicted octanol–water partition coefficient (Wildman–Crippen LogP) is 4.81. The summed E-state index contributed by atoms with van der Waals surface area (Å²) in [6.45, 7) is 7.24. The highest BCUT2D eigenvalue weighted by atomic mass is 16.5. The van der Waals surface area contributed by atoms with Crippen LogP contribution in [-0.4, -0.2) is 28.2 Å². The molecule has 3 aromatic rings. The molecule has 0 spiro atoms. The van der Waals surface area contributed by atoms with Crippen LogP contribution in [0.4, 0.5) is 0 Å². The summed E-state index contributed by atoms with van der Waals surface area (Å²) in [5, 5.41) is 10.4. The Morgan fingerprint density at radius 2 is 1.93 bits per heavy atom. The number of rotatable bonds is 4. The molecule has 0 amide bonds. The Labute approximate surface area is 167 Å². The van der Waals surface area contributed by atoms with E-state index < -0.39 is 0 Å². The van der Waals surface area contributed by atoms with Gasteiger partial charge in [-0.1, -0.05) is 29.8 Å². The minimum atomic E-state index is 0.0919. The number of aromatic hydroxyl groups is 1. The summed E-state index contributed by atoms with van der Waals surface area (Å²) in [6.07, 6.45) is 3.26. The molecule has 4 nitrogen and oxygen atoms in total. The Morgan fingerprint density at radius 1 is 1.07 bits per heavy atom. The first-order valence-electron chi connectivity index (χ1n) is 9.89. The summed E-state index contributed by atoms with van der Waals surface area (Å²) in [5.41, 5.74) is 6.33. The smallest absolute Gasteiger partial charge is 0.160 e. The van der Waals surface area contributed by atoms with Crippen molar-refractivity contribution < 1.29 is 9.84 Å². The van der Waals surface area contributed by atoms with Crippen molar-refractivity contribution >= 4 is 0 Å². The number of phenolic OH excluding ortho intramolecular Hbond substituents is 1. The fourth-order valence-corrected chi connectivity index (χ4v) is 4.26. The number of phenols is 1. The summed E-state index contributed by atoms with van der Waals surface area (Å²) >= 11 is 0. The minimum Gasteiger partial charge on any atom is -0.504 e. The molecule has 0 bridgehead atoms. The molecule has 4 heteroatoms. The number of benzene rings is 2. The van der Waals surface area contributed by atoms with Crippen molar-refractivity contribution in [2.24, 2.45) is 0 Å². The molecule has 146 valence electrons. The molecular weight excluding hydrogens is 348 g/mol. The van der Waals surface area contributed by atoms with E-state index in [0.29, 0.717) is 5.75 Å². The minimum absolute atomic E-state index is 0.0919. The zero-order chi connectivity index (χ0) is 19.7. The lowest BCUT2D eigenvalue weighted by Crippen LogP contribution is -2.29. The van der Waals surface area contributed by atoms with E-state index >= 15 is 0 Å².